The molecule has 30 heavy (non-hydrogen) atoms. The Labute approximate surface area is 197 Å². The summed E-state index contributed by atoms with van der Waals surface area (Å²) in [5, 5.41) is 4.89. The predicted octanol–water partition coefficient (Wildman–Crippen LogP) is 3.98. The van der Waals surface area contributed by atoms with Crippen molar-refractivity contribution in [3.8, 4) is 0 Å². The third-order valence-electron chi connectivity index (χ3n) is 5.75. The standard InChI is InChI=1S/C23H36N4O2.HI/c1-4-18-7-5-8-21-19(17-26-22(18)21)9-12-25-23(24-2)27-13-10-20(11-14-27)29-16-6-15-28-3;/h5,7-8,17,20,26H,4,6,9-16H2,1-3H3,(H,24,25);1H. The molecule has 0 amide bonds. The Balaban J connectivity index is 0.00000320. The van der Waals surface area contributed by atoms with Crippen LogP contribution in [-0.2, 0) is 22.3 Å². The molecule has 0 radical (unpaired) electrons. The quantitative estimate of drug-likeness (QED) is 0.224. The lowest BCUT2D eigenvalue weighted by molar-refractivity contribution is 0.00992. The molecule has 6 nitrogen and oxygen atoms in total. The second-order valence-corrected chi connectivity index (χ2v) is 7.63. The molecular weight excluding hydrogens is 491 g/mol. The molecular formula is C23H37IN4O2. The van der Waals surface area contributed by atoms with E-state index in [1.165, 1.54) is 22.0 Å². The number of fused-ring (bicyclic) bond motifs is 1. The van der Waals surface area contributed by atoms with Crippen molar-refractivity contribution in [2.45, 2.75) is 45.1 Å². The van der Waals surface area contributed by atoms with E-state index in [1.807, 2.05) is 7.05 Å². The molecule has 1 aromatic carbocycles. The fourth-order valence-electron chi connectivity index (χ4n) is 4.11. The molecule has 1 aliphatic rings. The number of nitrogens with one attached hydrogen (secondary N) is 2. The van der Waals surface area contributed by atoms with Crippen LogP contribution in [0.15, 0.2) is 29.4 Å². The summed E-state index contributed by atoms with van der Waals surface area (Å²) in [6, 6.07) is 6.58. The minimum atomic E-state index is 0. The van der Waals surface area contributed by atoms with E-state index in [9.17, 15) is 0 Å². The van der Waals surface area contributed by atoms with E-state index >= 15 is 0 Å². The predicted molar refractivity (Wildman–Crippen MR) is 135 cm³/mol. The van der Waals surface area contributed by atoms with Crippen LogP contribution in [0.5, 0.6) is 0 Å². The van der Waals surface area contributed by atoms with Crippen LogP contribution in [0.3, 0.4) is 0 Å². The number of piperidine rings is 1. The molecule has 1 fully saturated rings. The highest BCUT2D eigenvalue weighted by atomic mass is 127. The van der Waals surface area contributed by atoms with Crippen LogP contribution >= 0.6 is 24.0 Å². The number of halogens is 1. The molecule has 3 rings (SSSR count). The lowest BCUT2D eigenvalue weighted by Crippen LogP contribution is -2.47. The number of aryl methyl sites for hydroxylation is 1. The van der Waals surface area contributed by atoms with E-state index < -0.39 is 0 Å². The van der Waals surface area contributed by atoms with Crippen molar-refractivity contribution >= 4 is 40.8 Å². The molecule has 0 bridgehead atoms. The maximum Gasteiger partial charge on any atom is 0.193 e. The first kappa shape index (κ1) is 24.9. The molecule has 7 heteroatoms. The lowest BCUT2D eigenvalue weighted by Gasteiger charge is -2.34. The number of hydrogen-bond acceptors (Lipinski definition) is 3. The summed E-state index contributed by atoms with van der Waals surface area (Å²) in [6.45, 7) is 6.61. The lowest BCUT2D eigenvalue weighted by atomic mass is 10.1. The zero-order chi connectivity index (χ0) is 20.5. The molecule has 1 saturated heterocycles. The first-order chi connectivity index (χ1) is 14.3. The number of nitrogens with zero attached hydrogens (tertiary/aromatic N) is 2. The molecule has 1 aliphatic heterocycles. The van der Waals surface area contributed by atoms with Crippen molar-refractivity contribution in [1.82, 2.24) is 15.2 Å². The Hall–Kier alpha value is -1.32. The van der Waals surface area contributed by atoms with Gasteiger partial charge in [-0.25, -0.2) is 0 Å². The molecule has 0 atom stereocenters. The van der Waals surface area contributed by atoms with Crippen LogP contribution in [0.1, 0.15) is 37.3 Å². The number of aromatic nitrogens is 1. The number of para-hydroxylation sites is 1. The summed E-state index contributed by atoms with van der Waals surface area (Å²) in [4.78, 5) is 10.3. The number of likely N-dealkylation sites (tertiary alicyclic amines) is 1. The molecule has 168 valence electrons. The van der Waals surface area contributed by atoms with Gasteiger partial charge in [-0.2, -0.15) is 0 Å². The van der Waals surface area contributed by atoms with Gasteiger partial charge in [0.2, 0.25) is 0 Å². The molecule has 0 spiro atoms. The molecule has 0 unspecified atom stereocenters. The zero-order valence-electron chi connectivity index (χ0n) is 18.6. The second-order valence-electron chi connectivity index (χ2n) is 7.63. The van der Waals surface area contributed by atoms with E-state index in [-0.39, 0.29) is 24.0 Å². The van der Waals surface area contributed by atoms with Gasteiger partial charge in [-0.3, -0.25) is 4.99 Å². The Bertz CT molecular complexity index is 785. The van der Waals surface area contributed by atoms with E-state index in [2.05, 4.69) is 51.5 Å². The highest BCUT2D eigenvalue weighted by molar-refractivity contribution is 14.0. The van der Waals surface area contributed by atoms with Crippen LogP contribution in [0.4, 0.5) is 0 Å². The van der Waals surface area contributed by atoms with Gasteiger partial charge < -0.3 is 24.7 Å². The van der Waals surface area contributed by atoms with Gasteiger partial charge in [-0.1, -0.05) is 25.1 Å². The van der Waals surface area contributed by atoms with Crippen LogP contribution in [0.2, 0.25) is 0 Å². The van der Waals surface area contributed by atoms with Gasteiger partial charge in [0.15, 0.2) is 5.96 Å². The molecule has 2 aromatic rings. The van der Waals surface area contributed by atoms with E-state index in [0.29, 0.717) is 6.10 Å². The topological polar surface area (TPSA) is 61.9 Å². The number of aliphatic imine (C=N–C) groups is 1. The molecule has 1 aromatic heterocycles. The van der Waals surface area contributed by atoms with Crippen molar-refractivity contribution in [1.29, 1.82) is 0 Å². The molecule has 2 N–H and O–H groups in total. The Kier molecular flexibility index (Phi) is 11.0. The number of hydrogen-bond donors (Lipinski definition) is 2. The van der Waals surface area contributed by atoms with E-state index in [4.69, 9.17) is 9.47 Å². The minimum Gasteiger partial charge on any atom is -0.385 e. The van der Waals surface area contributed by atoms with Crippen LogP contribution < -0.4 is 5.32 Å². The maximum atomic E-state index is 5.97. The van der Waals surface area contributed by atoms with Gasteiger partial charge in [0.05, 0.1) is 6.10 Å². The highest BCUT2D eigenvalue weighted by Crippen LogP contribution is 2.22. The van der Waals surface area contributed by atoms with Gasteiger partial charge in [0.1, 0.15) is 0 Å². The average Bonchev–Trinajstić information content (AvgIpc) is 3.18. The Morgan fingerprint density at radius 3 is 2.73 bits per heavy atom. The van der Waals surface area contributed by atoms with Crippen LogP contribution in [-0.4, -0.2) is 69.0 Å². The minimum absolute atomic E-state index is 0. The van der Waals surface area contributed by atoms with E-state index in [0.717, 1.165) is 70.9 Å². The van der Waals surface area contributed by atoms with E-state index in [1.54, 1.807) is 7.11 Å². The van der Waals surface area contributed by atoms with Gasteiger partial charge in [0.25, 0.3) is 0 Å². The van der Waals surface area contributed by atoms with Gasteiger partial charge in [0, 0.05) is 64.1 Å². The third kappa shape index (κ3) is 6.59. The van der Waals surface area contributed by atoms with Crippen molar-refractivity contribution in [2.24, 2.45) is 4.99 Å². The van der Waals surface area contributed by atoms with Crippen molar-refractivity contribution in [3.05, 3.63) is 35.5 Å². The summed E-state index contributed by atoms with van der Waals surface area (Å²) in [6.07, 6.45) is 7.61. The van der Waals surface area contributed by atoms with Gasteiger partial charge in [-0.05, 0) is 43.2 Å². The van der Waals surface area contributed by atoms with Gasteiger partial charge >= 0.3 is 0 Å². The largest absolute Gasteiger partial charge is 0.385 e. The average molecular weight is 528 g/mol. The second kappa shape index (κ2) is 13.2. The number of methoxy groups -OCH3 is 1. The Morgan fingerprint density at radius 2 is 2.03 bits per heavy atom. The molecule has 2 heterocycles. The number of guanidine groups is 1. The first-order valence-electron chi connectivity index (χ1n) is 10.9. The fourth-order valence-corrected chi connectivity index (χ4v) is 4.11. The monoisotopic (exact) mass is 528 g/mol. The first-order valence-corrected chi connectivity index (χ1v) is 10.9. The number of H-pyrrole nitrogens is 1. The summed E-state index contributed by atoms with van der Waals surface area (Å²) in [5.74, 6) is 0.997. The van der Waals surface area contributed by atoms with Crippen LogP contribution in [0, 0.1) is 0 Å². The summed E-state index contributed by atoms with van der Waals surface area (Å²) >= 11 is 0. The summed E-state index contributed by atoms with van der Waals surface area (Å²) < 4.78 is 11.0. The van der Waals surface area contributed by atoms with Crippen molar-refractivity contribution < 1.29 is 9.47 Å². The SMILES string of the molecule is CCc1cccc2c(CCNC(=NC)N3CCC(OCCCOC)CC3)c[nH]c12.I. The van der Waals surface area contributed by atoms with Crippen molar-refractivity contribution in [3.63, 3.8) is 0 Å². The number of aromatic amines is 1. The van der Waals surface area contributed by atoms with Gasteiger partial charge in [-0.15, -0.1) is 24.0 Å². The zero-order valence-corrected chi connectivity index (χ0v) is 20.9. The molecule has 0 saturated carbocycles. The Morgan fingerprint density at radius 1 is 1.23 bits per heavy atom. The van der Waals surface area contributed by atoms with Crippen molar-refractivity contribution in [2.75, 3.05) is 47.0 Å². The number of ether oxygens (including phenoxy) is 2. The normalized spacial score (nSPS) is 15.4. The number of benzene rings is 1. The molecule has 0 aliphatic carbocycles. The smallest absolute Gasteiger partial charge is 0.193 e. The highest BCUT2D eigenvalue weighted by Gasteiger charge is 2.21. The van der Waals surface area contributed by atoms with Crippen LogP contribution in [0.25, 0.3) is 10.9 Å². The summed E-state index contributed by atoms with van der Waals surface area (Å²) in [5.41, 5.74) is 4.02. The fraction of sp³-hybridized carbons (Fsp3) is 0.609. The summed E-state index contributed by atoms with van der Waals surface area (Å²) in [7, 11) is 3.60. The maximum absolute atomic E-state index is 5.97. The third-order valence-corrected chi connectivity index (χ3v) is 5.75. The number of rotatable bonds is 9.